The maximum Gasteiger partial charge on any atom is 0.345 e. The third kappa shape index (κ3) is 1.79. The molecule has 24 heavy (non-hydrogen) atoms. The Hall–Kier alpha value is -2.37. The van der Waals surface area contributed by atoms with Crippen LogP contribution in [0.25, 0.3) is 0 Å². The second-order valence-electron chi connectivity index (χ2n) is 6.53. The molecule has 4 rings (SSSR count). The third-order valence-electron chi connectivity index (χ3n) is 5.40. The van der Waals surface area contributed by atoms with Gasteiger partial charge in [0.1, 0.15) is 6.10 Å². The molecule has 0 spiro atoms. The van der Waals surface area contributed by atoms with Gasteiger partial charge in [-0.3, -0.25) is 4.79 Å². The lowest BCUT2D eigenvalue weighted by Crippen LogP contribution is -2.74. The van der Waals surface area contributed by atoms with Crippen molar-refractivity contribution in [2.24, 2.45) is 5.92 Å². The first-order chi connectivity index (χ1) is 11.6. The van der Waals surface area contributed by atoms with Crippen molar-refractivity contribution in [2.45, 2.75) is 43.9 Å². The van der Waals surface area contributed by atoms with Gasteiger partial charge in [-0.15, -0.1) is 0 Å². The SMILES string of the molecule is CCOC(=O)[C@@]12C(=O)O[C@@H](c3ccccc3)[C@@H]1CC[C@H]1CC(=O)N12. The van der Waals surface area contributed by atoms with Crippen molar-refractivity contribution >= 4 is 17.8 Å². The zero-order chi connectivity index (χ0) is 16.9. The molecule has 4 atom stereocenters. The Morgan fingerprint density at radius 1 is 1.29 bits per heavy atom. The van der Waals surface area contributed by atoms with Crippen LogP contribution in [0.4, 0.5) is 0 Å². The van der Waals surface area contributed by atoms with Crippen molar-refractivity contribution in [3.05, 3.63) is 35.9 Å². The molecule has 3 saturated heterocycles. The Kier molecular flexibility index (Phi) is 3.37. The minimum atomic E-state index is -1.62. The number of benzene rings is 1. The van der Waals surface area contributed by atoms with E-state index in [-0.39, 0.29) is 18.6 Å². The van der Waals surface area contributed by atoms with Crippen LogP contribution in [-0.2, 0) is 23.9 Å². The van der Waals surface area contributed by atoms with Gasteiger partial charge in [0.25, 0.3) is 0 Å². The van der Waals surface area contributed by atoms with Gasteiger partial charge in [0.05, 0.1) is 6.61 Å². The number of carbonyl (C=O) groups excluding carboxylic acids is 3. The third-order valence-corrected chi connectivity index (χ3v) is 5.40. The van der Waals surface area contributed by atoms with Crippen molar-refractivity contribution in [1.29, 1.82) is 0 Å². The first kappa shape index (κ1) is 15.2. The summed E-state index contributed by atoms with van der Waals surface area (Å²) in [4.78, 5) is 39.3. The van der Waals surface area contributed by atoms with Gasteiger partial charge in [0.2, 0.25) is 11.4 Å². The number of nitrogens with zero attached hydrogens (tertiary/aromatic N) is 1. The second kappa shape index (κ2) is 5.33. The molecule has 0 N–H and O–H groups in total. The summed E-state index contributed by atoms with van der Waals surface area (Å²) in [6.07, 6.45) is 1.28. The number of hydrogen-bond acceptors (Lipinski definition) is 5. The Labute approximate surface area is 139 Å². The molecule has 3 aliphatic rings. The van der Waals surface area contributed by atoms with Crippen LogP contribution in [0.2, 0.25) is 0 Å². The summed E-state index contributed by atoms with van der Waals surface area (Å²) in [5, 5.41) is 0. The summed E-state index contributed by atoms with van der Waals surface area (Å²) in [7, 11) is 0. The van der Waals surface area contributed by atoms with Gasteiger partial charge >= 0.3 is 11.9 Å². The fourth-order valence-electron chi connectivity index (χ4n) is 4.38. The average molecular weight is 329 g/mol. The number of ether oxygens (including phenoxy) is 2. The van der Waals surface area contributed by atoms with E-state index in [2.05, 4.69) is 0 Å². The van der Waals surface area contributed by atoms with Gasteiger partial charge in [-0.1, -0.05) is 30.3 Å². The molecule has 3 aliphatic heterocycles. The van der Waals surface area contributed by atoms with Crippen molar-refractivity contribution in [1.82, 2.24) is 4.90 Å². The normalized spacial score (nSPS) is 34.0. The molecular formula is C18H19NO5. The van der Waals surface area contributed by atoms with Gasteiger partial charge in [-0.25, -0.2) is 9.59 Å². The number of rotatable bonds is 3. The fourth-order valence-corrected chi connectivity index (χ4v) is 4.38. The predicted octanol–water partition coefficient (Wildman–Crippen LogP) is 1.60. The highest BCUT2D eigenvalue weighted by Gasteiger charge is 2.73. The molecule has 0 unspecified atom stereocenters. The zero-order valence-corrected chi connectivity index (χ0v) is 13.4. The van der Waals surface area contributed by atoms with E-state index in [0.29, 0.717) is 12.8 Å². The number of carbonyl (C=O) groups is 3. The summed E-state index contributed by atoms with van der Waals surface area (Å²) < 4.78 is 10.8. The predicted molar refractivity (Wildman–Crippen MR) is 82.6 cm³/mol. The van der Waals surface area contributed by atoms with E-state index in [1.54, 1.807) is 6.92 Å². The highest BCUT2D eigenvalue weighted by molar-refractivity contribution is 6.11. The minimum Gasteiger partial charge on any atom is -0.464 e. The quantitative estimate of drug-likeness (QED) is 0.478. The van der Waals surface area contributed by atoms with Crippen LogP contribution in [0.3, 0.4) is 0 Å². The summed E-state index contributed by atoms with van der Waals surface area (Å²) in [6, 6.07) is 9.31. The molecule has 1 aromatic carbocycles. The Bertz CT molecular complexity index is 703. The molecule has 1 amide bonds. The molecule has 0 aliphatic carbocycles. The van der Waals surface area contributed by atoms with Crippen molar-refractivity contribution in [3.63, 3.8) is 0 Å². The van der Waals surface area contributed by atoms with Gasteiger partial charge < -0.3 is 14.4 Å². The second-order valence-corrected chi connectivity index (χ2v) is 6.53. The van der Waals surface area contributed by atoms with E-state index in [9.17, 15) is 14.4 Å². The molecule has 126 valence electrons. The van der Waals surface area contributed by atoms with Gasteiger partial charge in [0, 0.05) is 18.4 Å². The van der Waals surface area contributed by atoms with E-state index >= 15 is 0 Å². The van der Waals surface area contributed by atoms with Crippen LogP contribution >= 0.6 is 0 Å². The minimum absolute atomic E-state index is 0.0692. The van der Waals surface area contributed by atoms with Crippen LogP contribution in [-0.4, -0.2) is 40.9 Å². The lowest BCUT2D eigenvalue weighted by Gasteiger charge is -2.54. The van der Waals surface area contributed by atoms with Crippen LogP contribution in [0, 0.1) is 5.92 Å². The van der Waals surface area contributed by atoms with Crippen molar-refractivity contribution in [2.75, 3.05) is 6.61 Å². The van der Waals surface area contributed by atoms with Crippen LogP contribution < -0.4 is 0 Å². The van der Waals surface area contributed by atoms with E-state index in [1.165, 1.54) is 4.90 Å². The Morgan fingerprint density at radius 2 is 2.04 bits per heavy atom. The number of amides is 1. The number of β-lactam (4-membered cyclic amide) rings is 1. The monoisotopic (exact) mass is 329 g/mol. The number of esters is 2. The first-order valence-corrected chi connectivity index (χ1v) is 8.36. The number of piperidine rings is 1. The van der Waals surface area contributed by atoms with Crippen LogP contribution in [0.1, 0.15) is 37.9 Å². The van der Waals surface area contributed by atoms with Crippen molar-refractivity contribution in [3.8, 4) is 0 Å². The molecular weight excluding hydrogens is 310 g/mol. The highest BCUT2D eigenvalue weighted by Crippen LogP contribution is 2.54. The molecule has 3 heterocycles. The number of hydrogen-bond donors (Lipinski definition) is 0. The van der Waals surface area contributed by atoms with E-state index in [0.717, 1.165) is 12.0 Å². The molecule has 0 saturated carbocycles. The first-order valence-electron chi connectivity index (χ1n) is 8.36. The van der Waals surface area contributed by atoms with Crippen molar-refractivity contribution < 1.29 is 23.9 Å². The van der Waals surface area contributed by atoms with Gasteiger partial charge in [-0.2, -0.15) is 0 Å². The summed E-state index contributed by atoms with van der Waals surface area (Å²) in [5.74, 6) is -1.90. The molecule has 1 aromatic rings. The molecule has 6 nitrogen and oxygen atoms in total. The standard InChI is InChI=1S/C18H19NO5/c1-2-23-16(21)18-13(9-8-12-10-14(20)19(12)18)15(24-17(18)22)11-6-4-3-5-7-11/h3-7,12-13,15H,2,8-10H2,1H3/t12-,13-,15-,18+/m0/s1. The Balaban J connectivity index is 1.81. The lowest BCUT2D eigenvalue weighted by molar-refractivity contribution is -0.190. The van der Waals surface area contributed by atoms with Crippen LogP contribution in [0.5, 0.6) is 0 Å². The Morgan fingerprint density at radius 3 is 2.71 bits per heavy atom. The zero-order valence-electron chi connectivity index (χ0n) is 13.4. The maximum absolute atomic E-state index is 12.8. The topological polar surface area (TPSA) is 72.9 Å². The summed E-state index contributed by atoms with van der Waals surface area (Å²) in [6.45, 7) is 1.85. The molecule has 3 fully saturated rings. The molecule has 6 heteroatoms. The number of cyclic esters (lactones) is 1. The van der Waals surface area contributed by atoms with E-state index in [4.69, 9.17) is 9.47 Å². The maximum atomic E-state index is 12.8. The number of fused-ring (bicyclic) bond motifs is 3. The molecule has 0 aromatic heterocycles. The van der Waals surface area contributed by atoms with E-state index < -0.39 is 29.5 Å². The fraction of sp³-hybridized carbons (Fsp3) is 0.500. The lowest BCUT2D eigenvalue weighted by atomic mass is 9.68. The molecule has 0 bridgehead atoms. The smallest absolute Gasteiger partial charge is 0.345 e. The van der Waals surface area contributed by atoms with Gasteiger partial charge in [-0.05, 0) is 25.3 Å². The largest absolute Gasteiger partial charge is 0.464 e. The summed E-state index contributed by atoms with van der Waals surface area (Å²) in [5.41, 5.74) is -0.775. The summed E-state index contributed by atoms with van der Waals surface area (Å²) >= 11 is 0. The highest BCUT2D eigenvalue weighted by atomic mass is 16.6. The van der Waals surface area contributed by atoms with E-state index in [1.807, 2.05) is 30.3 Å². The van der Waals surface area contributed by atoms with Gasteiger partial charge in [0.15, 0.2) is 0 Å². The van der Waals surface area contributed by atoms with Crippen LogP contribution in [0.15, 0.2) is 30.3 Å². The molecule has 0 radical (unpaired) electrons. The average Bonchev–Trinajstić information content (AvgIpc) is 2.87.